The van der Waals surface area contributed by atoms with Crippen LogP contribution in [-0.4, -0.2) is 36.5 Å². The molecule has 2 rings (SSSR count). The largest absolute Gasteiger partial charge is 0.338 e. The highest BCUT2D eigenvalue weighted by Gasteiger charge is 2.35. The van der Waals surface area contributed by atoms with E-state index in [1.165, 1.54) is 6.42 Å². The fourth-order valence-electron chi connectivity index (χ4n) is 2.19. The fraction of sp³-hybridized carbons (Fsp3) is 0.875. The lowest BCUT2D eigenvalue weighted by molar-refractivity contribution is -0.129. The Morgan fingerprint density at radius 3 is 3.00 bits per heavy atom. The summed E-state index contributed by atoms with van der Waals surface area (Å²) < 4.78 is 0. The summed E-state index contributed by atoms with van der Waals surface area (Å²) in [5, 5.41) is 3.34. The monoisotopic (exact) mass is 154 g/mol. The van der Waals surface area contributed by atoms with Crippen molar-refractivity contribution in [3.63, 3.8) is 0 Å². The fourth-order valence-corrected chi connectivity index (χ4v) is 2.19. The summed E-state index contributed by atoms with van der Waals surface area (Å²) in [6.45, 7) is 4.74. The number of rotatable bonds is 0. The molecule has 62 valence electrons. The van der Waals surface area contributed by atoms with Crippen LogP contribution in [0.3, 0.4) is 0 Å². The van der Waals surface area contributed by atoms with Gasteiger partial charge in [0.1, 0.15) is 0 Å². The van der Waals surface area contributed by atoms with Crippen molar-refractivity contribution in [2.45, 2.75) is 19.4 Å². The molecule has 3 nitrogen and oxygen atoms in total. The second-order valence-electron chi connectivity index (χ2n) is 3.59. The van der Waals surface area contributed by atoms with E-state index in [0.29, 0.717) is 6.04 Å². The SMILES string of the molecule is CC(=O)N1C[C@H]2CNC[C@@H]1C2. The molecule has 0 unspecified atom stereocenters. The number of hydrogen-bond acceptors (Lipinski definition) is 2. The van der Waals surface area contributed by atoms with Crippen LogP contribution in [-0.2, 0) is 4.79 Å². The average molecular weight is 154 g/mol. The number of carbonyl (C=O) groups is 1. The maximum absolute atomic E-state index is 11.1. The van der Waals surface area contributed by atoms with Gasteiger partial charge in [-0.3, -0.25) is 4.79 Å². The summed E-state index contributed by atoms with van der Waals surface area (Å²) in [6, 6.07) is 0.492. The molecule has 3 heteroatoms. The van der Waals surface area contributed by atoms with E-state index >= 15 is 0 Å². The van der Waals surface area contributed by atoms with Gasteiger partial charge in [-0.2, -0.15) is 0 Å². The molecule has 2 atom stereocenters. The second kappa shape index (κ2) is 2.48. The molecule has 0 aromatic carbocycles. The third-order valence-electron chi connectivity index (χ3n) is 2.72. The predicted octanol–water partition coefficient (Wildman–Crippen LogP) is -0.173. The third-order valence-corrected chi connectivity index (χ3v) is 2.72. The van der Waals surface area contributed by atoms with Crippen molar-refractivity contribution in [1.29, 1.82) is 0 Å². The molecule has 0 spiro atoms. The van der Waals surface area contributed by atoms with E-state index in [1.54, 1.807) is 6.92 Å². The number of nitrogens with one attached hydrogen (secondary N) is 1. The third kappa shape index (κ3) is 1.13. The molecule has 2 aliphatic rings. The molecule has 0 saturated carbocycles. The van der Waals surface area contributed by atoms with Crippen LogP contribution in [0.5, 0.6) is 0 Å². The molecule has 2 bridgehead atoms. The molecule has 1 amide bonds. The van der Waals surface area contributed by atoms with Crippen molar-refractivity contribution in [2.75, 3.05) is 19.6 Å². The Balaban J connectivity index is 2.08. The molecular formula is C8H14N2O. The Morgan fingerprint density at radius 1 is 1.55 bits per heavy atom. The van der Waals surface area contributed by atoms with Gasteiger partial charge in [0.05, 0.1) is 0 Å². The Morgan fingerprint density at radius 2 is 2.36 bits per heavy atom. The number of amides is 1. The first-order valence-electron chi connectivity index (χ1n) is 4.25. The van der Waals surface area contributed by atoms with Crippen molar-refractivity contribution >= 4 is 5.91 Å². The first-order valence-corrected chi connectivity index (χ1v) is 4.25. The van der Waals surface area contributed by atoms with Gasteiger partial charge in [0.2, 0.25) is 5.91 Å². The summed E-state index contributed by atoms with van der Waals surface area (Å²) in [6.07, 6.45) is 1.21. The van der Waals surface area contributed by atoms with Crippen molar-refractivity contribution in [1.82, 2.24) is 10.2 Å². The maximum Gasteiger partial charge on any atom is 0.219 e. The van der Waals surface area contributed by atoms with E-state index < -0.39 is 0 Å². The zero-order valence-electron chi connectivity index (χ0n) is 6.84. The number of hydrogen-bond donors (Lipinski definition) is 1. The van der Waals surface area contributed by atoms with Crippen LogP contribution < -0.4 is 5.32 Å². The van der Waals surface area contributed by atoms with Gasteiger partial charge in [0.25, 0.3) is 0 Å². The van der Waals surface area contributed by atoms with Gasteiger partial charge in [0, 0.05) is 26.1 Å². The molecule has 2 saturated heterocycles. The first kappa shape index (κ1) is 7.10. The van der Waals surface area contributed by atoms with Gasteiger partial charge in [-0.15, -0.1) is 0 Å². The molecule has 0 aromatic heterocycles. The molecule has 0 radical (unpaired) electrons. The molecule has 0 aliphatic carbocycles. The Labute approximate surface area is 66.8 Å². The van der Waals surface area contributed by atoms with Crippen LogP contribution in [0, 0.1) is 5.92 Å². The van der Waals surface area contributed by atoms with E-state index in [2.05, 4.69) is 5.32 Å². The molecule has 2 aliphatic heterocycles. The molecule has 2 fully saturated rings. The number of nitrogens with zero attached hydrogens (tertiary/aromatic N) is 1. The van der Waals surface area contributed by atoms with Gasteiger partial charge in [-0.1, -0.05) is 0 Å². The van der Waals surface area contributed by atoms with E-state index in [4.69, 9.17) is 0 Å². The molecule has 2 heterocycles. The lowest BCUT2D eigenvalue weighted by Gasteiger charge is -2.23. The smallest absolute Gasteiger partial charge is 0.219 e. The van der Waals surface area contributed by atoms with Crippen molar-refractivity contribution in [3.8, 4) is 0 Å². The van der Waals surface area contributed by atoms with Crippen LogP contribution in [0.25, 0.3) is 0 Å². The van der Waals surface area contributed by atoms with E-state index in [1.807, 2.05) is 4.90 Å². The Kier molecular flexibility index (Phi) is 1.60. The number of fused-ring (bicyclic) bond motifs is 2. The van der Waals surface area contributed by atoms with Crippen LogP contribution in [0.4, 0.5) is 0 Å². The topological polar surface area (TPSA) is 32.3 Å². The van der Waals surface area contributed by atoms with Gasteiger partial charge < -0.3 is 10.2 Å². The highest BCUT2D eigenvalue weighted by atomic mass is 16.2. The highest BCUT2D eigenvalue weighted by Crippen LogP contribution is 2.25. The summed E-state index contributed by atoms with van der Waals surface area (Å²) >= 11 is 0. The molecule has 11 heavy (non-hydrogen) atoms. The predicted molar refractivity (Wildman–Crippen MR) is 42.2 cm³/mol. The lowest BCUT2D eigenvalue weighted by atomic mass is 10.0. The number of carbonyl (C=O) groups excluding carboxylic acids is 1. The molecule has 0 aromatic rings. The second-order valence-corrected chi connectivity index (χ2v) is 3.59. The highest BCUT2D eigenvalue weighted by molar-refractivity contribution is 5.74. The molecular weight excluding hydrogens is 140 g/mol. The zero-order valence-corrected chi connectivity index (χ0v) is 6.84. The minimum Gasteiger partial charge on any atom is -0.338 e. The van der Waals surface area contributed by atoms with Gasteiger partial charge in [-0.25, -0.2) is 0 Å². The summed E-state index contributed by atoms with van der Waals surface area (Å²) in [5.74, 6) is 0.957. The van der Waals surface area contributed by atoms with Crippen LogP contribution in [0.15, 0.2) is 0 Å². The normalized spacial score (nSPS) is 35.9. The number of piperidine rings is 1. The molecule has 1 N–H and O–H groups in total. The maximum atomic E-state index is 11.1. The Hall–Kier alpha value is -0.570. The summed E-state index contributed by atoms with van der Waals surface area (Å²) in [4.78, 5) is 13.1. The van der Waals surface area contributed by atoms with E-state index in [9.17, 15) is 4.79 Å². The van der Waals surface area contributed by atoms with Crippen LogP contribution in [0.1, 0.15) is 13.3 Å². The zero-order chi connectivity index (χ0) is 7.84. The minimum absolute atomic E-state index is 0.237. The summed E-state index contributed by atoms with van der Waals surface area (Å²) in [7, 11) is 0. The van der Waals surface area contributed by atoms with Crippen molar-refractivity contribution in [2.24, 2.45) is 5.92 Å². The van der Waals surface area contributed by atoms with Gasteiger partial charge in [0.15, 0.2) is 0 Å². The van der Waals surface area contributed by atoms with Crippen LogP contribution in [0.2, 0.25) is 0 Å². The van der Waals surface area contributed by atoms with Gasteiger partial charge in [-0.05, 0) is 18.9 Å². The Bertz CT molecular complexity index is 181. The quantitative estimate of drug-likeness (QED) is 0.525. The van der Waals surface area contributed by atoms with E-state index in [0.717, 1.165) is 25.6 Å². The minimum atomic E-state index is 0.237. The van der Waals surface area contributed by atoms with Crippen molar-refractivity contribution in [3.05, 3.63) is 0 Å². The van der Waals surface area contributed by atoms with Crippen molar-refractivity contribution < 1.29 is 4.79 Å². The summed E-state index contributed by atoms with van der Waals surface area (Å²) in [5.41, 5.74) is 0. The standard InChI is InChI=1S/C8H14N2O/c1-6(11)10-5-7-2-8(10)4-9-3-7/h7-9H,2-5H2,1H3/t7-,8+/m1/s1. The lowest BCUT2D eigenvalue weighted by Crippen LogP contribution is -2.40. The van der Waals surface area contributed by atoms with Crippen LogP contribution >= 0.6 is 0 Å². The first-order chi connectivity index (χ1) is 5.27. The van der Waals surface area contributed by atoms with Gasteiger partial charge >= 0.3 is 0 Å². The number of likely N-dealkylation sites (tertiary alicyclic amines) is 1. The van der Waals surface area contributed by atoms with E-state index in [-0.39, 0.29) is 5.91 Å². The average Bonchev–Trinajstić information content (AvgIpc) is 2.27.